The van der Waals surface area contributed by atoms with Gasteiger partial charge in [-0.15, -0.1) is 0 Å². The monoisotopic (exact) mass is 414 g/mol. The van der Waals surface area contributed by atoms with E-state index in [-0.39, 0.29) is 11.4 Å². The Morgan fingerprint density at radius 1 is 1.00 bits per heavy atom. The average molecular weight is 415 g/mol. The number of nitrogens with zero attached hydrogens (tertiary/aromatic N) is 1. The van der Waals surface area contributed by atoms with E-state index in [0.717, 1.165) is 5.56 Å². The molecule has 0 saturated heterocycles. The number of rotatable bonds is 6. The smallest absolute Gasteiger partial charge is 0.264 e. The van der Waals surface area contributed by atoms with E-state index in [2.05, 4.69) is 0 Å². The van der Waals surface area contributed by atoms with Crippen LogP contribution in [0.1, 0.15) is 21.5 Å². The second kappa shape index (κ2) is 8.04. The molecule has 28 heavy (non-hydrogen) atoms. The van der Waals surface area contributed by atoms with Crippen LogP contribution in [0.5, 0.6) is 0 Å². The van der Waals surface area contributed by atoms with Gasteiger partial charge >= 0.3 is 0 Å². The van der Waals surface area contributed by atoms with E-state index >= 15 is 0 Å². The molecule has 0 aromatic heterocycles. The minimum absolute atomic E-state index is 0.0808. The Labute approximate surface area is 169 Å². The first-order valence-corrected chi connectivity index (χ1v) is 10.3. The molecular formula is C21H19ClN2O3S. The highest BCUT2D eigenvalue weighted by Gasteiger charge is 2.26. The van der Waals surface area contributed by atoms with Gasteiger partial charge in [-0.05, 0) is 54.4 Å². The van der Waals surface area contributed by atoms with Crippen molar-refractivity contribution in [1.82, 2.24) is 0 Å². The van der Waals surface area contributed by atoms with Crippen molar-refractivity contribution in [2.75, 3.05) is 4.31 Å². The lowest BCUT2D eigenvalue weighted by Crippen LogP contribution is -2.31. The number of anilines is 1. The van der Waals surface area contributed by atoms with E-state index < -0.39 is 15.9 Å². The van der Waals surface area contributed by atoms with Crippen LogP contribution in [0.25, 0.3) is 0 Å². The first kappa shape index (κ1) is 19.9. The van der Waals surface area contributed by atoms with Crippen molar-refractivity contribution in [2.45, 2.75) is 18.4 Å². The molecule has 3 aromatic carbocycles. The summed E-state index contributed by atoms with van der Waals surface area (Å²) < 4.78 is 28.1. The van der Waals surface area contributed by atoms with Gasteiger partial charge in [0.25, 0.3) is 10.0 Å². The predicted molar refractivity (Wildman–Crippen MR) is 111 cm³/mol. The van der Waals surface area contributed by atoms with Crippen molar-refractivity contribution in [3.05, 3.63) is 94.5 Å². The number of halogens is 1. The Hall–Kier alpha value is -2.83. The SMILES string of the molecule is Cc1ccc(Cl)cc1N(Cc1ccc(C(N)=O)cc1)S(=O)(=O)c1ccccc1. The highest BCUT2D eigenvalue weighted by molar-refractivity contribution is 7.92. The molecule has 7 heteroatoms. The predicted octanol–water partition coefficient (Wildman–Crippen LogP) is 4.14. The number of hydrogen-bond acceptors (Lipinski definition) is 3. The lowest BCUT2D eigenvalue weighted by atomic mass is 10.1. The van der Waals surface area contributed by atoms with Gasteiger partial charge in [0.15, 0.2) is 0 Å². The van der Waals surface area contributed by atoms with Gasteiger partial charge in [0, 0.05) is 10.6 Å². The number of nitrogens with two attached hydrogens (primary N) is 1. The van der Waals surface area contributed by atoms with Crippen LogP contribution in [0.4, 0.5) is 5.69 Å². The minimum Gasteiger partial charge on any atom is -0.366 e. The molecule has 0 unspecified atom stereocenters. The fourth-order valence-corrected chi connectivity index (χ4v) is 4.51. The van der Waals surface area contributed by atoms with Crippen molar-refractivity contribution in [1.29, 1.82) is 0 Å². The Bertz CT molecular complexity index is 1100. The largest absolute Gasteiger partial charge is 0.366 e. The summed E-state index contributed by atoms with van der Waals surface area (Å²) in [5.74, 6) is -0.536. The van der Waals surface area contributed by atoms with E-state index in [1.807, 2.05) is 6.92 Å². The molecule has 5 nitrogen and oxygen atoms in total. The van der Waals surface area contributed by atoms with Gasteiger partial charge < -0.3 is 5.73 Å². The Morgan fingerprint density at radius 3 is 2.25 bits per heavy atom. The van der Waals surface area contributed by atoms with Crippen LogP contribution in [-0.4, -0.2) is 14.3 Å². The molecule has 0 spiro atoms. The van der Waals surface area contributed by atoms with E-state index in [1.54, 1.807) is 72.8 Å². The molecule has 0 bridgehead atoms. The minimum atomic E-state index is -3.83. The summed E-state index contributed by atoms with van der Waals surface area (Å²) in [7, 11) is -3.83. The summed E-state index contributed by atoms with van der Waals surface area (Å²) in [5.41, 5.74) is 7.62. The molecule has 0 heterocycles. The van der Waals surface area contributed by atoms with Crippen molar-refractivity contribution in [2.24, 2.45) is 5.73 Å². The Morgan fingerprint density at radius 2 is 1.64 bits per heavy atom. The maximum absolute atomic E-state index is 13.4. The highest BCUT2D eigenvalue weighted by Crippen LogP contribution is 2.31. The van der Waals surface area contributed by atoms with Gasteiger partial charge in [0.1, 0.15) is 0 Å². The molecule has 0 aliphatic heterocycles. The zero-order chi connectivity index (χ0) is 20.3. The average Bonchev–Trinajstić information content (AvgIpc) is 2.69. The highest BCUT2D eigenvalue weighted by atomic mass is 35.5. The van der Waals surface area contributed by atoms with Crippen LogP contribution in [0.3, 0.4) is 0 Å². The quantitative estimate of drug-likeness (QED) is 0.658. The number of primary amides is 1. The summed E-state index contributed by atoms with van der Waals surface area (Å²) in [6, 6.07) is 19.9. The van der Waals surface area contributed by atoms with E-state index in [1.165, 1.54) is 4.31 Å². The summed E-state index contributed by atoms with van der Waals surface area (Å²) in [4.78, 5) is 11.5. The van der Waals surface area contributed by atoms with E-state index in [9.17, 15) is 13.2 Å². The van der Waals surface area contributed by atoms with Gasteiger partial charge in [0.05, 0.1) is 17.1 Å². The molecule has 3 aromatic rings. The normalized spacial score (nSPS) is 11.2. The summed E-state index contributed by atoms with van der Waals surface area (Å²) in [6.45, 7) is 1.91. The Balaban J connectivity index is 2.09. The molecule has 2 N–H and O–H groups in total. The maximum atomic E-state index is 13.4. The molecule has 0 atom stereocenters. The van der Waals surface area contributed by atoms with Crippen molar-refractivity contribution in [3.8, 4) is 0 Å². The number of sulfonamides is 1. The summed E-state index contributed by atoms with van der Waals surface area (Å²) >= 11 is 6.14. The van der Waals surface area contributed by atoms with Crippen LogP contribution in [0.15, 0.2) is 77.7 Å². The lowest BCUT2D eigenvalue weighted by Gasteiger charge is -2.26. The van der Waals surface area contributed by atoms with Crippen molar-refractivity contribution >= 4 is 33.2 Å². The van der Waals surface area contributed by atoms with Crippen LogP contribution >= 0.6 is 11.6 Å². The number of carbonyl (C=O) groups is 1. The molecule has 0 fully saturated rings. The maximum Gasteiger partial charge on any atom is 0.264 e. The number of aryl methyl sites for hydroxylation is 1. The van der Waals surface area contributed by atoms with Crippen LogP contribution < -0.4 is 10.0 Å². The third kappa shape index (κ3) is 4.18. The second-order valence-electron chi connectivity index (χ2n) is 6.32. The zero-order valence-corrected chi connectivity index (χ0v) is 16.7. The van der Waals surface area contributed by atoms with Gasteiger partial charge in [-0.3, -0.25) is 9.10 Å². The molecule has 0 aliphatic carbocycles. The fraction of sp³-hybridized carbons (Fsp3) is 0.0952. The van der Waals surface area contributed by atoms with E-state index in [4.69, 9.17) is 17.3 Å². The number of amides is 1. The fourth-order valence-electron chi connectivity index (χ4n) is 2.81. The van der Waals surface area contributed by atoms with Crippen molar-refractivity contribution < 1.29 is 13.2 Å². The molecular weight excluding hydrogens is 396 g/mol. The zero-order valence-electron chi connectivity index (χ0n) is 15.2. The van der Waals surface area contributed by atoms with Crippen LogP contribution in [0, 0.1) is 6.92 Å². The third-order valence-corrected chi connectivity index (χ3v) is 6.34. The Kier molecular flexibility index (Phi) is 5.72. The van der Waals surface area contributed by atoms with Gasteiger partial charge in [-0.25, -0.2) is 8.42 Å². The lowest BCUT2D eigenvalue weighted by molar-refractivity contribution is 0.100. The van der Waals surface area contributed by atoms with Gasteiger partial charge in [-0.2, -0.15) is 0 Å². The molecule has 0 radical (unpaired) electrons. The van der Waals surface area contributed by atoms with Crippen LogP contribution in [0.2, 0.25) is 5.02 Å². The van der Waals surface area contributed by atoms with E-state index in [0.29, 0.717) is 21.8 Å². The first-order chi connectivity index (χ1) is 13.3. The standard InChI is InChI=1S/C21H19ClN2O3S/c1-15-7-12-18(22)13-20(15)24(28(26,27)19-5-3-2-4-6-19)14-16-8-10-17(11-9-16)21(23)25/h2-13H,14H2,1H3,(H2,23,25). The first-order valence-electron chi connectivity index (χ1n) is 8.52. The summed E-state index contributed by atoms with van der Waals surface area (Å²) in [5, 5.41) is 0.443. The molecule has 144 valence electrons. The second-order valence-corrected chi connectivity index (χ2v) is 8.62. The number of benzene rings is 3. The molecule has 3 rings (SSSR count). The molecule has 0 saturated carbocycles. The van der Waals surface area contributed by atoms with Crippen LogP contribution in [-0.2, 0) is 16.6 Å². The number of carbonyl (C=O) groups excluding carboxylic acids is 1. The van der Waals surface area contributed by atoms with Gasteiger partial charge in [0.2, 0.25) is 5.91 Å². The number of hydrogen-bond donors (Lipinski definition) is 1. The van der Waals surface area contributed by atoms with Gasteiger partial charge in [-0.1, -0.05) is 48.0 Å². The van der Waals surface area contributed by atoms with Crippen molar-refractivity contribution in [3.63, 3.8) is 0 Å². The molecule has 1 amide bonds. The topological polar surface area (TPSA) is 80.5 Å². The molecule has 0 aliphatic rings. The summed E-state index contributed by atoms with van der Waals surface area (Å²) in [6.07, 6.45) is 0. The third-order valence-electron chi connectivity index (χ3n) is 4.34.